The molecule has 0 saturated carbocycles. The van der Waals surface area contributed by atoms with Gasteiger partial charge in [-0.2, -0.15) is 0 Å². The van der Waals surface area contributed by atoms with Crippen molar-refractivity contribution in [3.63, 3.8) is 0 Å². The normalized spacial score (nSPS) is 21.6. The van der Waals surface area contributed by atoms with Crippen LogP contribution in [0.3, 0.4) is 0 Å². The predicted octanol–water partition coefficient (Wildman–Crippen LogP) is 1.49. The van der Waals surface area contributed by atoms with Gasteiger partial charge in [0.1, 0.15) is 0 Å². The maximum atomic E-state index is 2.20. The largest absolute Gasteiger partial charge is 0.378 e. The highest BCUT2D eigenvalue weighted by atomic mass is 15.1. The van der Waals surface area contributed by atoms with Crippen LogP contribution in [-0.4, -0.2) is 44.0 Å². The third-order valence-electron chi connectivity index (χ3n) is 2.15. The minimum atomic E-state index is 0.411. The second-order valence-electron chi connectivity index (χ2n) is 3.68. The molecule has 1 rings (SSSR count). The van der Waals surface area contributed by atoms with Crippen molar-refractivity contribution in [1.82, 2.24) is 9.80 Å². The zero-order chi connectivity index (χ0) is 9.84. The van der Waals surface area contributed by atoms with Gasteiger partial charge in [-0.3, -0.25) is 4.90 Å². The van der Waals surface area contributed by atoms with Gasteiger partial charge in [-0.1, -0.05) is 18.2 Å². The second-order valence-corrected chi connectivity index (χ2v) is 3.68. The lowest BCUT2D eigenvalue weighted by Gasteiger charge is -2.16. The van der Waals surface area contributed by atoms with E-state index in [-0.39, 0.29) is 0 Å². The van der Waals surface area contributed by atoms with Crippen molar-refractivity contribution in [2.24, 2.45) is 0 Å². The first-order valence-electron chi connectivity index (χ1n) is 4.51. The molecular formula is C11H18N2. The average Bonchev–Trinajstić information content (AvgIpc) is 2.27. The molecule has 0 aromatic heterocycles. The Kier molecular flexibility index (Phi) is 3.32. The molecule has 0 aromatic rings. The number of nitrogens with zero attached hydrogens (tertiary/aromatic N) is 2. The topological polar surface area (TPSA) is 6.48 Å². The van der Waals surface area contributed by atoms with Crippen molar-refractivity contribution in [3.05, 3.63) is 36.1 Å². The Bertz CT molecular complexity index is 247. The summed E-state index contributed by atoms with van der Waals surface area (Å²) in [7, 11) is 8.28. The van der Waals surface area contributed by atoms with Crippen LogP contribution in [0.25, 0.3) is 0 Å². The van der Waals surface area contributed by atoms with Gasteiger partial charge in [-0.05, 0) is 26.2 Å². The first-order chi connectivity index (χ1) is 6.11. The standard InChI is InChI=1S/C11H18N2/c1-12(2)10-6-5-7-11(9-8-10)13(3)4/h5-10H,1-4H3. The summed E-state index contributed by atoms with van der Waals surface area (Å²) in [5, 5.41) is 0. The number of hydrogen-bond donors (Lipinski definition) is 0. The molecule has 72 valence electrons. The lowest BCUT2D eigenvalue weighted by atomic mass is 10.2. The minimum absolute atomic E-state index is 0.411. The van der Waals surface area contributed by atoms with Crippen LogP contribution in [0.4, 0.5) is 0 Å². The molecule has 1 aliphatic rings. The molecule has 2 heteroatoms. The molecule has 1 atom stereocenters. The van der Waals surface area contributed by atoms with Crippen LogP contribution < -0.4 is 0 Å². The third kappa shape index (κ3) is 2.74. The van der Waals surface area contributed by atoms with E-state index in [1.807, 2.05) is 0 Å². The molecule has 0 fully saturated rings. The van der Waals surface area contributed by atoms with E-state index in [1.54, 1.807) is 0 Å². The van der Waals surface area contributed by atoms with Crippen LogP contribution in [0.15, 0.2) is 36.1 Å². The minimum Gasteiger partial charge on any atom is -0.378 e. The Morgan fingerprint density at radius 2 is 1.77 bits per heavy atom. The number of hydrogen-bond acceptors (Lipinski definition) is 2. The number of allylic oxidation sites excluding steroid dienone is 3. The molecule has 1 aliphatic carbocycles. The van der Waals surface area contributed by atoms with E-state index in [9.17, 15) is 0 Å². The Morgan fingerprint density at radius 1 is 1.08 bits per heavy atom. The zero-order valence-electron chi connectivity index (χ0n) is 8.86. The van der Waals surface area contributed by atoms with Crippen molar-refractivity contribution < 1.29 is 0 Å². The van der Waals surface area contributed by atoms with Gasteiger partial charge in [0.05, 0.1) is 0 Å². The Labute approximate surface area is 80.8 Å². The van der Waals surface area contributed by atoms with Gasteiger partial charge in [0.2, 0.25) is 0 Å². The van der Waals surface area contributed by atoms with Crippen LogP contribution in [0, 0.1) is 0 Å². The lowest BCUT2D eigenvalue weighted by Crippen LogP contribution is -2.23. The van der Waals surface area contributed by atoms with Crippen molar-refractivity contribution in [1.29, 1.82) is 0 Å². The van der Waals surface area contributed by atoms with Gasteiger partial charge in [-0.25, -0.2) is 0 Å². The summed E-state index contributed by atoms with van der Waals surface area (Å²) in [5.41, 5.74) is 1.24. The average molecular weight is 178 g/mol. The van der Waals surface area contributed by atoms with E-state index in [2.05, 4.69) is 68.4 Å². The summed E-state index contributed by atoms with van der Waals surface area (Å²) in [6, 6.07) is 0.411. The predicted molar refractivity (Wildman–Crippen MR) is 57.5 cm³/mol. The molecule has 0 spiro atoms. The number of likely N-dealkylation sites (N-methyl/N-ethyl adjacent to an activating group) is 2. The Morgan fingerprint density at radius 3 is 2.31 bits per heavy atom. The summed E-state index contributed by atoms with van der Waals surface area (Å²) in [4.78, 5) is 4.29. The highest BCUT2D eigenvalue weighted by Crippen LogP contribution is 2.09. The molecule has 0 bridgehead atoms. The third-order valence-corrected chi connectivity index (χ3v) is 2.15. The fourth-order valence-corrected chi connectivity index (χ4v) is 1.23. The molecule has 0 N–H and O–H groups in total. The van der Waals surface area contributed by atoms with Gasteiger partial charge in [0, 0.05) is 25.8 Å². The fraction of sp³-hybridized carbons (Fsp3) is 0.455. The second kappa shape index (κ2) is 4.28. The molecular weight excluding hydrogens is 160 g/mol. The summed E-state index contributed by atoms with van der Waals surface area (Å²) < 4.78 is 0. The van der Waals surface area contributed by atoms with Gasteiger partial charge in [0.25, 0.3) is 0 Å². The highest BCUT2D eigenvalue weighted by Gasteiger charge is 2.05. The van der Waals surface area contributed by atoms with Crippen LogP contribution in [-0.2, 0) is 0 Å². The maximum absolute atomic E-state index is 2.20. The molecule has 13 heavy (non-hydrogen) atoms. The van der Waals surface area contributed by atoms with Gasteiger partial charge in [-0.15, -0.1) is 0 Å². The summed E-state index contributed by atoms with van der Waals surface area (Å²) in [6.45, 7) is 0. The van der Waals surface area contributed by atoms with Crippen LogP contribution in [0.5, 0.6) is 0 Å². The van der Waals surface area contributed by atoms with E-state index in [0.29, 0.717) is 6.04 Å². The van der Waals surface area contributed by atoms with Crippen molar-refractivity contribution in [2.75, 3.05) is 28.2 Å². The van der Waals surface area contributed by atoms with Gasteiger partial charge >= 0.3 is 0 Å². The zero-order valence-corrected chi connectivity index (χ0v) is 8.86. The molecule has 0 amide bonds. The molecule has 0 saturated heterocycles. The number of rotatable bonds is 2. The first-order valence-corrected chi connectivity index (χ1v) is 4.51. The fourth-order valence-electron chi connectivity index (χ4n) is 1.23. The van der Waals surface area contributed by atoms with E-state index in [1.165, 1.54) is 5.70 Å². The van der Waals surface area contributed by atoms with Gasteiger partial charge in [0.15, 0.2) is 0 Å². The van der Waals surface area contributed by atoms with Crippen molar-refractivity contribution >= 4 is 0 Å². The molecule has 1 unspecified atom stereocenters. The smallest absolute Gasteiger partial charge is 0.0462 e. The van der Waals surface area contributed by atoms with Crippen LogP contribution in [0.1, 0.15) is 0 Å². The van der Waals surface area contributed by atoms with E-state index < -0.39 is 0 Å². The molecule has 0 aromatic carbocycles. The quantitative estimate of drug-likeness (QED) is 0.632. The summed E-state index contributed by atoms with van der Waals surface area (Å²) >= 11 is 0. The SMILES string of the molecule is CN(C)C1=CC=CC(N(C)C)C=C1. The first kappa shape index (κ1) is 10.1. The van der Waals surface area contributed by atoms with Crippen LogP contribution >= 0.6 is 0 Å². The molecule has 0 heterocycles. The summed E-state index contributed by atoms with van der Waals surface area (Å²) in [5.74, 6) is 0. The molecule has 2 nitrogen and oxygen atoms in total. The van der Waals surface area contributed by atoms with Crippen molar-refractivity contribution in [3.8, 4) is 0 Å². The highest BCUT2D eigenvalue weighted by molar-refractivity contribution is 5.29. The molecule has 0 radical (unpaired) electrons. The monoisotopic (exact) mass is 178 g/mol. The van der Waals surface area contributed by atoms with E-state index in [0.717, 1.165) is 0 Å². The molecule has 0 aliphatic heterocycles. The Hall–Kier alpha value is -1.02. The van der Waals surface area contributed by atoms with E-state index >= 15 is 0 Å². The summed E-state index contributed by atoms with van der Waals surface area (Å²) in [6.07, 6.45) is 10.8. The lowest BCUT2D eigenvalue weighted by molar-refractivity contribution is 0.391. The maximum Gasteiger partial charge on any atom is 0.0462 e. The van der Waals surface area contributed by atoms with Crippen molar-refractivity contribution in [2.45, 2.75) is 6.04 Å². The van der Waals surface area contributed by atoms with E-state index in [4.69, 9.17) is 0 Å². The Balaban J connectivity index is 2.75. The van der Waals surface area contributed by atoms with Crippen LogP contribution in [0.2, 0.25) is 0 Å². The van der Waals surface area contributed by atoms with Gasteiger partial charge < -0.3 is 4.90 Å².